The summed E-state index contributed by atoms with van der Waals surface area (Å²) < 4.78 is 39.1. The summed E-state index contributed by atoms with van der Waals surface area (Å²) in [5.41, 5.74) is 6.24. The molecule has 28 heavy (non-hydrogen) atoms. The average molecular weight is 391 g/mol. The molecule has 2 aromatic rings. The zero-order valence-corrected chi connectivity index (χ0v) is 15.9. The van der Waals surface area contributed by atoms with Crippen molar-refractivity contribution in [2.24, 2.45) is 11.8 Å². The molecule has 0 spiro atoms. The van der Waals surface area contributed by atoms with Crippen LogP contribution in [0.4, 0.5) is 24.8 Å². The Morgan fingerprint density at radius 1 is 1.04 bits per heavy atom. The summed E-state index contributed by atoms with van der Waals surface area (Å²) in [5, 5.41) is 3.45. The number of alkyl halides is 3. The summed E-state index contributed by atoms with van der Waals surface area (Å²) in [5.74, 6) is 2.41. The zero-order valence-electron chi connectivity index (χ0n) is 15.9. The van der Waals surface area contributed by atoms with Crippen LogP contribution >= 0.6 is 0 Å². The van der Waals surface area contributed by atoms with Gasteiger partial charge in [0, 0.05) is 11.6 Å². The lowest BCUT2D eigenvalue weighted by Gasteiger charge is -2.22. The van der Waals surface area contributed by atoms with Gasteiger partial charge in [-0.15, -0.1) is 0 Å². The maximum Gasteiger partial charge on any atom is 0.433 e. The molecule has 0 aromatic carbocycles. The average Bonchev–Trinajstić information content (AvgIpc) is 3.53. The molecule has 2 saturated carbocycles. The van der Waals surface area contributed by atoms with Gasteiger partial charge in [-0.2, -0.15) is 13.2 Å². The van der Waals surface area contributed by atoms with Crippen molar-refractivity contribution in [3.8, 4) is 11.5 Å². The number of nitrogens with two attached hydrogens (primary N) is 1. The molecule has 0 unspecified atom stereocenters. The predicted molar refractivity (Wildman–Crippen MR) is 102 cm³/mol. The molecule has 3 N–H and O–H groups in total. The summed E-state index contributed by atoms with van der Waals surface area (Å²) in [7, 11) is 0. The second kappa shape index (κ2) is 6.90. The molecule has 0 amide bonds. The Morgan fingerprint density at radius 2 is 1.71 bits per heavy atom. The molecule has 0 radical (unpaired) electrons. The van der Waals surface area contributed by atoms with Gasteiger partial charge >= 0.3 is 6.18 Å². The number of halogens is 3. The van der Waals surface area contributed by atoms with Gasteiger partial charge in [-0.25, -0.2) is 15.0 Å². The van der Waals surface area contributed by atoms with Gasteiger partial charge in [0.1, 0.15) is 23.0 Å². The van der Waals surface area contributed by atoms with Crippen molar-refractivity contribution in [1.29, 1.82) is 0 Å². The minimum atomic E-state index is -4.52. The van der Waals surface area contributed by atoms with Crippen molar-refractivity contribution < 1.29 is 13.2 Å². The second-order valence-corrected chi connectivity index (χ2v) is 8.00. The van der Waals surface area contributed by atoms with E-state index < -0.39 is 11.9 Å². The number of nitrogens with one attached hydrogen (secondary N) is 1. The summed E-state index contributed by atoms with van der Waals surface area (Å²) in [6, 6.07) is 3.94. The Balaban J connectivity index is 1.75. The fourth-order valence-corrected chi connectivity index (χ4v) is 3.64. The van der Waals surface area contributed by atoms with Crippen molar-refractivity contribution in [2.75, 3.05) is 11.1 Å². The number of hydrogen-bond donors (Lipinski definition) is 2. The van der Waals surface area contributed by atoms with E-state index in [0.29, 0.717) is 23.5 Å². The highest BCUT2D eigenvalue weighted by molar-refractivity contribution is 5.64. The first-order chi connectivity index (χ1) is 13.2. The number of anilines is 2. The highest BCUT2D eigenvalue weighted by atomic mass is 19.4. The maximum absolute atomic E-state index is 13.0. The molecule has 2 aromatic heterocycles. The van der Waals surface area contributed by atoms with Crippen LogP contribution in [-0.4, -0.2) is 21.0 Å². The van der Waals surface area contributed by atoms with Crippen molar-refractivity contribution in [3.05, 3.63) is 29.5 Å². The predicted octanol–water partition coefficient (Wildman–Crippen LogP) is 4.86. The minimum absolute atomic E-state index is 0.0641. The molecule has 2 aliphatic carbocycles. The van der Waals surface area contributed by atoms with E-state index in [-0.39, 0.29) is 23.5 Å². The molecule has 5 nitrogen and oxygen atoms in total. The molecule has 0 aliphatic heterocycles. The Kier molecular flexibility index (Phi) is 4.67. The standard InChI is InChI=1S/C20H24F3N5/c1-10(12-6-7-12)16-17(24)27-18(28-19(16)25-11(2)13-8-9-13)14-4-3-5-15(26-14)20(21,22)23/h3-5,10-13H,6-9H2,1-2H3,(H3,24,25,27,28)/t10-,11+/m1/s1. The summed E-state index contributed by atoms with van der Waals surface area (Å²) in [6.45, 7) is 4.21. The second-order valence-electron chi connectivity index (χ2n) is 8.00. The van der Waals surface area contributed by atoms with E-state index in [1.807, 2.05) is 0 Å². The van der Waals surface area contributed by atoms with Crippen LogP contribution in [0.3, 0.4) is 0 Å². The normalized spacial score (nSPS) is 19.3. The van der Waals surface area contributed by atoms with Crippen molar-refractivity contribution in [1.82, 2.24) is 15.0 Å². The molecular formula is C20H24F3N5. The van der Waals surface area contributed by atoms with Crippen LogP contribution in [0.1, 0.15) is 56.7 Å². The lowest BCUT2D eigenvalue weighted by molar-refractivity contribution is -0.141. The molecule has 4 rings (SSSR count). The van der Waals surface area contributed by atoms with Gasteiger partial charge in [0.2, 0.25) is 0 Å². The summed E-state index contributed by atoms with van der Waals surface area (Å²) >= 11 is 0. The van der Waals surface area contributed by atoms with Gasteiger partial charge in [0.25, 0.3) is 0 Å². The number of nitrogen functional groups attached to an aromatic ring is 1. The number of pyridine rings is 1. The van der Waals surface area contributed by atoms with Crippen LogP contribution in [0.15, 0.2) is 18.2 Å². The first kappa shape index (κ1) is 19.0. The lowest BCUT2D eigenvalue weighted by atomic mass is 9.96. The van der Waals surface area contributed by atoms with Gasteiger partial charge in [-0.05, 0) is 62.5 Å². The van der Waals surface area contributed by atoms with Gasteiger partial charge < -0.3 is 11.1 Å². The Bertz CT molecular complexity index is 875. The van der Waals surface area contributed by atoms with Gasteiger partial charge in [-0.1, -0.05) is 13.0 Å². The molecular weight excluding hydrogens is 367 g/mol. The highest BCUT2D eigenvalue weighted by Gasteiger charge is 2.35. The number of nitrogens with zero attached hydrogens (tertiary/aromatic N) is 3. The van der Waals surface area contributed by atoms with Crippen LogP contribution in [0.5, 0.6) is 0 Å². The summed E-state index contributed by atoms with van der Waals surface area (Å²) in [4.78, 5) is 12.6. The van der Waals surface area contributed by atoms with Crippen molar-refractivity contribution >= 4 is 11.6 Å². The maximum atomic E-state index is 13.0. The molecule has 2 atom stereocenters. The number of hydrogen-bond acceptors (Lipinski definition) is 5. The third kappa shape index (κ3) is 3.91. The Morgan fingerprint density at radius 3 is 2.32 bits per heavy atom. The molecule has 0 saturated heterocycles. The first-order valence-electron chi connectivity index (χ1n) is 9.72. The van der Waals surface area contributed by atoms with Gasteiger partial charge in [0.15, 0.2) is 5.82 Å². The van der Waals surface area contributed by atoms with E-state index in [1.54, 1.807) is 0 Å². The van der Waals surface area contributed by atoms with Crippen molar-refractivity contribution in [2.45, 2.75) is 57.7 Å². The topological polar surface area (TPSA) is 76.7 Å². The third-order valence-electron chi connectivity index (χ3n) is 5.72. The summed E-state index contributed by atoms with van der Waals surface area (Å²) in [6.07, 6.45) is 0.114. The van der Waals surface area contributed by atoms with Crippen LogP contribution in [0.2, 0.25) is 0 Å². The van der Waals surface area contributed by atoms with Gasteiger partial charge in [-0.3, -0.25) is 0 Å². The first-order valence-corrected chi connectivity index (χ1v) is 9.72. The minimum Gasteiger partial charge on any atom is -0.383 e. The van der Waals surface area contributed by atoms with E-state index in [1.165, 1.54) is 25.0 Å². The number of rotatable bonds is 6. The fraction of sp³-hybridized carbons (Fsp3) is 0.550. The molecule has 0 bridgehead atoms. The zero-order chi connectivity index (χ0) is 20.1. The molecule has 2 aliphatic rings. The van der Waals surface area contributed by atoms with E-state index in [4.69, 9.17) is 5.73 Å². The van der Waals surface area contributed by atoms with E-state index in [2.05, 4.69) is 34.1 Å². The van der Waals surface area contributed by atoms with Crippen LogP contribution < -0.4 is 11.1 Å². The van der Waals surface area contributed by atoms with Crippen LogP contribution in [0, 0.1) is 11.8 Å². The lowest BCUT2D eigenvalue weighted by Crippen LogP contribution is -2.21. The van der Waals surface area contributed by atoms with Crippen molar-refractivity contribution in [3.63, 3.8) is 0 Å². The van der Waals surface area contributed by atoms with Crippen LogP contribution in [-0.2, 0) is 6.18 Å². The van der Waals surface area contributed by atoms with Crippen LogP contribution in [0.25, 0.3) is 11.5 Å². The van der Waals surface area contributed by atoms with E-state index in [0.717, 1.165) is 24.5 Å². The monoisotopic (exact) mass is 391 g/mol. The smallest absolute Gasteiger partial charge is 0.383 e. The SMILES string of the molecule is C[C@H](Nc1nc(-c2cccc(C(F)(F)F)n2)nc(N)c1[C@H](C)C1CC1)C1CC1. The molecule has 2 heterocycles. The largest absolute Gasteiger partial charge is 0.433 e. The van der Waals surface area contributed by atoms with E-state index in [9.17, 15) is 13.2 Å². The third-order valence-corrected chi connectivity index (χ3v) is 5.72. The molecule has 2 fully saturated rings. The molecule has 8 heteroatoms. The Labute approximate surface area is 162 Å². The fourth-order valence-electron chi connectivity index (χ4n) is 3.64. The van der Waals surface area contributed by atoms with E-state index >= 15 is 0 Å². The molecule has 150 valence electrons. The Hall–Kier alpha value is -2.38. The quantitative estimate of drug-likeness (QED) is 0.735. The highest BCUT2D eigenvalue weighted by Crippen LogP contribution is 2.46. The number of aromatic nitrogens is 3. The van der Waals surface area contributed by atoms with Gasteiger partial charge in [0.05, 0.1) is 0 Å².